The minimum absolute atomic E-state index is 0.309. The van der Waals surface area contributed by atoms with Gasteiger partial charge in [-0.15, -0.1) is 5.10 Å². The number of carbonyl (C=O) groups is 1. The summed E-state index contributed by atoms with van der Waals surface area (Å²) in [6, 6.07) is 16.8. The Kier molecular flexibility index (Phi) is 6.30. The highest BCUT2D eigenvalue weighted by atomic mass is 16.6. The lowest BCUT2D eigenvalue weighted by Crippen LogP contribution is -2.29. The predicted octanol–water partition coefficient (Wildman–Crippen LogP) is 4.03. The van der Waals surface area contributed by atoms with Crippen LogP contribution >= 0.6 is 0 Å². The van der Waals surface area contributed by atoms with E-state index < -0.39 is 6.09 Å². The molecule has 33 heavy (non-hydrogen) atoms. The summed E-state index contributed by atoms with van der Waals surface area (Å²) in [4.78, 5) is 16.7. The van der Waals surface area contributed by atoms with Gasteiger partial charge in [-0.2, -0.15) is 4.68 Å². The van der Waals surface area contributed by atoms with Gasteiger partial charge in [0.2, 0.25) is 0 Å². The van der Waals surface area contributed by atoms with Crippen LogP contribution in [0.2, 0.25) is 0 Å². The molecule has 1 unspecified atom stereocenters. The molecular weight excluding hydrogens is 418 g/mol. The maximum Gasteiger partial charge on any atom is 0.413 e. The fraction of sp³-hybridized carbons (Fsp3) is 0.208. The summed E-state index contributed by atoms with van der Waals surface area (Å²) >= 11 is 0. The van der Waals surface area contributed by atoms with Crippen molar-refractivity contribution >= 4 is 11.9 Å². The summed E-state index contributed by atoms with van der Waals surface area (Å²) in [5.74, 6) is 1.50. The Morgan fingerprint density at radius 2 is 1.91 bits per heavy atom. The summed E-state index contributed by atoms with van der Waals surface area (Å²) in [5.41, 5.74) is 10.2. The van der Waals surface area contributed by atoms with Crippen molar-refractivity contribution in [3.05, 3.63) is 77.7 Å². The molecule has 2 aromatic carbocycles. The van der Waals surface area contributed by atoms with Gasteiger partial charge < -0.3 is 15.8 Å². The number of ether oxygens (including phenoxy) is 1. The highest BCUT2D eigenvalue weighted by Gasteiger charge is 2.15. The maximum absolute atomic E-state index is 12.7. The fourth-order valence-corrected chi connectivity index (χ4v) is 3.37. The largest absolute Gasteiger partial charge is 0.413 e. The number of pyridine rings is 1. The van der Waals surface area contributed by atoms with Crippen molar-refractivity contribution in [1.29, 1.82) is 0 Å². The molecule has 168 valence electrons. The van der Waals surface area contributed by atoms with Gasteiger partial charge >= 0.3 is 6.09 Å². The van der Waals surface area contributed by atoms with Crippen LogP contribution in [0.1, 0.15) is 36.8 Å². The summed E-state index contributed by atoms with van der Waals surface area (Å²) in [5, 5.41) is 14.8. The first-order valence-electron chi connectivity index (χ1n) is 10.6. The molecule has 3 N–H and O–H groups in total. The van der Waals surface area contributed by atoms with Gasteiger partial charge in [0, 0.05) is 18.7 Å². The molecule has 0 aliphatic heterocycles. The highest BCUT2D eigenvalue weighted by molar-refractivity contribution is 5.74. The number of nitrogen functional groups attached to an aromatic ring is 1. The number of anilines is 1. The molecule has 9 nitrogen and oxygen atoms in total. The molecule has 0 aliphatic rings. The zero-order valence-corrected chi connectivity index (χ0v) is 18.7. The normalized spacial score (nSPS) is 11.7. The molecule has 0 radical (unpaired) electrons. The third-order valence-corrected chi connectivity index (χ3v) is 5.23. The molecule has 0 spiro atoms. The van der Waals surface area contributed by atoms with Gasteiger partial charge in [0.15, 0.2) is 5.82 Å². The van der Waals surface area contributed by atoms with E-state index in [1.54, 1.807) is 23.0 Å². The van der Waals surface area contributed by atoms with Crippen LogP contribution < -0.4 is 15.8 Å². The number of tetrazole rings is 1. The lowest BCUT2D eigenvalue weighted by Gasteiger charge is -2.15. The molecule has 1 amide bonds. The minimum atomic E-state index is -0.584. The SMILES string of the molecule is CCc1nnnn1-c1cc(OC(=O)NC(C)c2ccc(N)nc2)cc(-c2ccc(C)cc2)c1. The summed E-state index contributed by atoms with van der Waals surface area (Å²) < 4.78 is 7.30. The monoisotopic (exact) mass is 443 g/mol. The summed E-state index contributed by atoms with van der Waals surface area (Å²) in [6.07, 6.45) is 1.70. The van der Waals surface area contributed by atoms with Gasteiger partial charge in [-0.3, -0.25) is 0 Å². The van der Waals surface area contributed by atoms with Crippen molar-refractivity contribution in [2.75, 3.05) is 5.73 Å². The van der Waals surface area contributed by atoms with Crippen LogP contribution in [0.3, 0.4) is 0 Å². The standard InChI is InChI=1S/C24H25N7O2/c1-4-23-28-29-30-31(23)20-11-19(17-7-5-15(2)6-8-17)12-21(13-20)33-24(32)27-16(3)18-9-10-22(25)26-14-18/h5-14,16H,4H2,1-3H3,(H2,25,26)(H,27,32). The van der Waals surface area contributed by atoms with Crippen molar-refractivity contribution in [2.24, 2.45) is 0 Å². The number of hydrogen-bond acceptors (Lipinski definition) is 7. The zero-order chi connectivity index (χ0) is 23.4. The average molecular weight is 444 g/mol. The number of amides is 1. The minimum Gasteiger partial charge on any atom is -0.410 e. The number of nitrogens with one attached hydrogen (secondary N) is 1. The van der Waals surface area contributed by atoms with E-state index in [-0.39, 0.29) is 6.04 Å². The first kappa shape index (κ1) is 21.9. The molecule has 2 aromatic heterocycles. The molecule has 2 heterocycles. The van der Waals surface area contributed by atoms with Crippen molar-refractivity contribution in [3.8, 4) is 22.6 Å². The molecular formula is C24H25N7O2. The first-order chi connectivity index (χ1) is 15.9. The van der Waals surface area contributed by atoms with Crippen LogP contribution in [0, 0.1) is 6.92 Å². The fourth-order valence-electron chi connectivity index (χ4n) is 3.37. The van der Waals surface area contributed by atoms with Gasteiger partial charge in [0.25, 0.3) is 0 Å². The topological polar surface area (TPSA) is 121 Å². The third-order valence-electron chi connectivity index (χ3n) is 5.23. The molecule has 0 fully saturated rings. The Morgan fingerprint density at radius 3 is 2.61 bits per heavy atom. The van der Waals surface area contributed by atoms with E-state index in [0.717, 1.165) is 22.3 Å². The molecule has 1 atom stereocenters. The first-order valence-corrected chi connectivity index (χ1v) is 10.6. The van der Waals surface area contributed by atoms with Crippen molar-refractivity contribution < 1.29 is 9.53 Å². The van der Waals surface area contributed by atoms with Crippen molar-refractivity contribution in [1.82, 2.24) is 30.5 Å². The van der Waals surface area contributed by atoms with Crippen LogP contribution in [-0.4, -0.2) is 31.3 Å². The summed E-state index contributed by atoms with van der Waals surface area (Å²) in [6.45, 7) is 5.85. The quantitative estimate of drug-likeness (QED) is 0.461. The van der Waals surface area contributed by atoms with E-state index >= 15 is 0 Å². The van der Waals surface area contributed by atoms with E-state index in [4.69, 9.17) is 10.5 Å². The van der Waals surface area contributed by atoms with Crippen LogP contribution in [-0.2, 0) is 6.42 Å². The molecule has 0 saturated carbocycles. The molecule has 0 aliphatic carbocycles. The van der Waals surface area contributed by atoms with E-state index in [9.17, 15) is 4.79 Å². The number of hydrogen-bond donors (Lipinski definition) is 2. The molecule has 4 rings (SSSR count). The van der Waals surface area contributed by atoms with E-state index in [2.05, 4.69) is 25.8 Å². The summed E-state index contributed by atoms with van der Waals surface area (Å²) in [7, 11) is 0. The maximum atomic E-state index is 12.7. The van der Waals surface area contributed by atoms with Crippen molar-refractivity contribution in [3.63, 3.8) is 0 Å². The van der Waals surface area contributed by atoms with Crippen LogP contribution in [0.25, 0.3) is 16.8 Å². The van der Waals surface area contributed by atoms with E-state index in [1.807, 2.05) is 63.2 Å². The Hall–Kier alpha value is -4.27. The van der Waals surface area contributed by atoms with E-state index in [0.29, 0.717) is 29.5 Å². The van der Waals surface area contributed by atoms with Crippen molar-refractivity contribution in [2.45, 2.75) is 33.2 Å². The smallest absolute Gasteiger partial charge is 0.410 e. The number of carbonyl (C=O) groups excluding carboxylic acids is 1. The molecule has 0 bridgehead atoms. The molecule has 9 heteroatoms. The second kappa shape index (κ2) is 9.47. The lowest BCUT2D eigenvalue weighted by molar-refractivity contribution is 0.197. The predicted molar refractivity (Wildman–Crippen MR) is 125 cm³/mol. The third kappa shape index (κ3) is 5.15. The number of nitrogens with zero attached hydrogens (tertiary/aromatic N) is 5. The molecule has 0 saturated heterocycles. The number of nitrogens with two attached hydrogens (primary N) is 1. The average Bonchev–Trinajstić information content (AvgIpc) is 3.28. The van der Waals surface area contributed by atoms with Crippen LogP contribution in [0.15, 0.2) is 60.8 Å². The van der Waals surface area contributed by atoms with Gasteiger partial charge in [0.05, 0.1) is 11.7 Å². The van der Waals surface area contributed by atoms with E-state index in [1.165, 1.54) is 0 Å². The Morgan fingerprint density at radius 1 is 1.12 bits per heavy atom. The Balaban J connectivity index is 1.63. The highest BCUT2D eigenvalue weighted by Crippen LogP contribution is 2.29. The second-order valence-corrected chi connectivity index (χ2v) is 7.71. The number of aryl methyl sites for hydroxylation is 2. The van der Waals surface area contributed by atoms with Gasteiger partial charge in [0.1, 0.15) is 11.6 Å². The Bertz CT molecular complexity index is 1250. The van der Waals surface area contributed by atoms with Gasteiger partial charge in [-0.05, 0) is 59.2 Å². The molecule has 4 aromatic rings. The second-order valence-electron chi connectivity index (χ2n) is 7.71. The number of benzene rings is 2. The van der Waals surface area contributed by atoms with Gasteiger partial charge in [-0.1, -0.05) is 42.8 Å². The van der Waals surface area contributed by atoms with Crippen LogP contribution in [0.4, 0.5) is 10.6 Å². The number of rotatable bonds is 6. The zero-order valence-electron chi connectivity index (χ0n) is 18.7. The number of aromatic nitrogens is 5. The lowest BCUT2D eigenvalue weighted by atomic mass is 10.0. The van der Waals surface area contributed by atoms with Crippen LogP contribution in [0.5, 0.6) is 5.75 Å². The van der Waals surface area contributed by atoms with Gasteiger partial charge in [-0.25, -0.2) is 9.78 Å². The Labute approximate surface area is 191 Å².